The molecule has 20 heavy (non-hydrogen) atoms. The standard InChI is InChI=1S/C14H18N2O4/c1-8(9(2)17)14-15-13(16-20-14)10-5-11(18-3)7-12(6-10)19-4/h5-9,17H,1-4H3. The van der Waals surface area contributed by atoms with Crippen molar-refractivity contribution >= 4 is 0 Å². The van der Waals surface area contributed by atoms with Crippen LogP contribution >= 0.6 is 0 Å². The lowest BCUT2D eigenvalue weighted by Gasteiger charge is -2.08. The maximum atomic E-state index is 9.55. The van der Waals surface area contributed by atoms with Crippen molar-refractivity contribution in [3.05, 3.63) is 24.1 Å². The first-order chi connectivity index (χ1) is 9.55. The normalized spacial score (nSPS) is 13.8. The minimum atomic E-state index is -0.553. The Hall–Kier alpha value is -2.08. The highest BCUT2D eigenvalue weighted by Gasteiger charge is 2.20. The number of nitrogens with zero attached hydrogens (tertiary/aromatic N) is 2. The molecule has 2 aromatic rings. The molecule has 0 aliphatic carbocycles. The quantitative estimate of drug-likeness (QED) is 0.903. The molecule has 108 valence electrons. The van der Waals surface area contributed by atoms with E-state index < -0.39 is 6.10 Å². The molecular formula is C14H18N2O4. The van der Waals surface area contributed by atoms with Gasteiger partial charge in [0, 0.05) is 11.6 Å². The first-order valence-electron chi connectivity index (χ1n) is 6.30. The smallest absolute Gasteiger partial charge is 0.232 e. The van der Waals surface area contributed by atoms with Crippen LogP contribution in [0.5, 0.6) is 11.5 Å². The van der Waals surface area contributed by atoms with Gasteiger partial charge < -0.3 is 19.1 Å². The van der Waals surface area contributed by atoms with E-state index in [1.54, 1.807) is 39.3 Å². The van der Waals surface area contributed by atoms with E-state index in [9.17, 15) is 5.11 Å². The fraction of sp³-hybridized carbons (Fsp3) is 0.429. The Bertz CT molecular complexity index is 558. The Labute approximate surface area is 117 Å². The molecule has 0 saturated carbocycles. The number of benzene rings is 1. The molecule has 0 saturated heterocycles. The van der Waals surface area contributed by atoms with Gasteiger partial charge in [0.1, 0.15) is 11.5 Å². The molecule has 1 N–H and O–H groups in total. The van der Waals surface area contributed by atoms with Crippen LogP contribution < -0.4 is 9.47 Å². The van der Waals surface area contributed by atoms with E-state index in [0.29, 0.717) is 23.2 Å². The van der Waals surface area contributed by atoms with Gasteiger partial charge in [-0.15, -0.1) is 0 Å². The lowest BCUT2D eigenvalue weighted by molar-refractivity contribution is 0.151. The van der Waals surface area contributed by atoms with Crippen LogP contribution in [-0.2, 0) is 0 Å². The van der Waals surface area contributed by atoms with E-state index in [2.05, 4.69) is 10.1 Å². The molecular weight excluding hydrogens is 260 g/mol. The van der Waals surface area contributed by atoms with Crippen LogP contribution in [0.3, 0.4) is 0 Å². The average molecular weight is 278 g/mol. The summed E-state index contributed by atoms with van der Waals surface area (Å²) in [5.41, 5.74) is 0.731. The highest BCUT2D eigenvalue weighted by atomic mass is 16.5. The highest BCUT2D eigenvalue weighted by Crippen LogP contribution is 2.29. The third-order valence-electron chi connectivity index (χ3n) is 3.16. The number of rotatable bonds is 5. The van der Waals surface area contributed by atoms with Crippen LogP contribution in [0.1, 0.15) is 25.7 Å². The number of aliphatic hydroxyl groups excluding tert-OH is 1. The van der Waals surface area contributed by atoms with E-state index in [4.69, 9.17) is 14.0 Å². The second kappa shape index (κ2) is 5.92. The van der Waals surface area contributed by atoms with Crippen molar-refractivity contribution in [3.8, 4) is 22.9 Å². The predicted molar refractivity (Wildman–Crippen MR) is 72.9 cm³/mol. The molecule has 2 unspecified atom stereocenters. The summed E-state index contributed by atoms with van der Waals surface area (Å²) >= 11 is 0. The largest absolute Gasteiger partial charge is 0.497 e. The van der Waals surface area contributed by atoms with Crippen molar-refractivity contribution < 1.29 is 19.1 Å². The summed E-state index contributed by atoms with van der Waals surface area (Å²) in [4.78, 5) is 4.30. The number of hydrogen-bond donors (Lipinski definition) is 1. The van der Waals surface area contributed by atoms with Gasteiger partial charge in [-0.25, -0.2) is 0 Å². The van der Waals surface area contributed by atoms with Gasteiger partial charge in [-0.1, -0.05) is 12.1 Å². The second-order valence-electron chi connectivity index (χ2n) is 4.59. The fourth-order valence-corrected chi connectivity index (χ4v) is 1.68. The molecule has 0 aliphatic rings. The molecule has 1 heterocycles. The van der Waals surface area contributed by atoms with Gasteiger partial charge in [-0.3, -0.25) is 0 Å². The van der Waals surface area contributed by atoms with E-state index >= 15 is 0 Å². The third-order valence-corrected chi connectivity index (χ3v) is 3.16. The van der Waals surface area contributed by atoms with Crippen molar-refractivity contribution in [1.29, 1.82) is 0 Å². The lowest BCUT2D eigenvalue weighted by Crippen LogP contribution is -2.11. The zero-order valence-electron chi connectivity index (χ0n) is 12.0. The molecule has 0 radical (unpaired) electrons. The monoisotopic (exact) mass is 278 g/mol. The Kier molecular flexibility index (Phi) is 4.24. The molecule has 0 fully saturated rings. The van der Waals surface area contributed by atoms with Crippen molar-refractivity contribution in [2.75, 3.05) is 14.2 Å². The van der Waals surface area contributed by atoms with Gasteiger partial charge in [0.2, 0.25) is 11.7 Å². The molecule has 2 atom stereocenters. The third kappa shape index (κ3) is 2.91. The van der Waals surface area contributed by atoms with Gasteiger partial charge in [-0.2, -0.15) is 4.98 Å². The molecule has 1 aromatic carbocycles. The van der Waals surface area contributed by atoms with Gasteiger partial charge in [-0.05, 0) is 19.1 Å². The summed E-state index contributed by atoms with van der Waals surface area (Å²) in [6.07, 6.45) is -0.553. The van der Waals surface area contributed by atoms with Crippen molar-refractivity contribution in [1.82, 2.24) is 10.1 Å². The zero-order valence-corrected chi connectivity index (χ0v) is 12.0. The minimum absolute atomic E-state index is 0.219. The SMILES string of the molecule is COc1cc(OC)cc(-c2noc(C(C)C(C)O)n2)c1. The van der Waals surface area contributed by atoms with Gasteiger partial charge in [0.15, 0.2) is 0 Å². The van der Waals surface area contributed by atoms with Crippen LogP contribution in [0.2, 0.25) is 0 Å². The maximum Gasteiger partial charge on any atom is 0.232 e. The maximum absolute atomic E-state index is 9.55. The summed E-state index contributed by atoms with van der Waals surface area (Å²) in [7, 11) is 3.16. The molecule has 6 heteroatoms. The van der Waals surface area contributed by atoms with E-state index in [1.165, 1.54) is 0 Å². The van der Waals surface area contributed by atoms with E-state index in [-0.39, 0.29) is 5.92 Å². The first-order valence-corrected chi connectivity index (χ1v) is 6.30. The Morgan fingerprint density at radius 3 is 2.20 bits per heavy atom. The summed E-state index contributed by atoms with van der Waals surface area (Å²) in [5, 5.41) is 13.5. The molecule has 0 amide bonds. The van der Waals surface area contributed by atoms with Crippen molar-refractivity contribution in [2.45, 2.75) is 25.9 Å². The molecule has 2 rings (SSSR count). The van der Waals surface area contributed by atoms with Crippen LogP contribution in [0.25, 0.3) is 11.4 Å². The van der Waals surface area contributed by atoms with E-state index in [0.717, 1.165) is 5.56 Å². The van der Waals surface area contributed by atoms with Gasteiger partial charge in [0.05, 0.1) is 26.2 Å². The topological polar surface area (TPSA) is 77.6 Å². The Morgan fingerprint density at radius 1 is 1.10 bits per heavy atom. The fourth-order valence-electron chi connectivity index (χ4n) is 1.68. The highest BCUT2D eigenvalue weighted by molar-refractivity contribution is 5.60. The van der Waals surface area contributed by atoms with Crippen LogP contribution in [-0.4, -0.2) is 35.6 Å². The number of ether oxygens (including phenoxy) is 2. The number of hydrogen-bond acceptors (Lipinski definition) is 6. The van der Waals surface area contributed by atoms with Gasteiger partial charge in [0.25, 0.3) is 0 Å². The molecule has 0 spiro atoms. The summed E-state index contributed by atoms with van der Waals surface area (Å²) in [5.74, 6) is 1.91. The first kappa shape index (κ1) is 14.3. The van der Waals surface area contributed by atoms with Crippen molar-refractivity contribution in [3.63, 3.8) is 0 Å². The second-order valence-corrected chi connectivity index (χ2v) is 4.59. The molecule has 0 aliphatic heterocycles. The average Bonchev–Trinajstić information content (AvgIpc) is 2.95. The van der Waals surface area contributed by atoms with E-state index in [1.807, 2.05) is 6.92 Å². The zero-order chi connectivity index (χ0) is 14.7. The molecule has 6 nitrogen and oxygen atoms in total. The predicted octanol–water partition coefficient (Wildman–Crippen LogP) is 2.24. The minimum Gasteiger partial charge on any atom is -0.497 e. The summed E-state index contributed by atoms with van der Waals surface area (Å²) < 4.78 is 15.6. The number of aliphatic hydroxyl groups is 1. The molecule has 1 aromatic heterocycles. The molecule has 0 bridgehead atoms. The van der Waals surface area contributed by atoms with Crippen molar-refractivity contribution in [2.24, 2.45) is 0 Å². The summed E-state index contributed by atoms with van der Waals surface area (Å²) in [6, 6.07) is 5.36. The number of aromatic nitrogens is 2. The van der Waals surface area contributed by atoms with Crippen LogP contribution in [0.4, 0.5) is 0 Å². The Balaban J connectivity index is 2.36. The summed E-state index contributed by atoms with van der Waals surface area (Å²) in [6.45, 7) is 3.51. The lowest BCUT2D eigenvalue weighted by atomic mass is 10.1. The van der Waals surface area contributed by atoms with Crippen LogP contribution in [0, 0.1) is 0 Å². The number of methoxy groups -OCH3 is 2. The van der Waals surface area contributed by atoms with Gasteiger partial charge >= 0.3 is 0 Å². The Morgan fingerprint density at radius 2 is 1.70 bits per heavy atom. The van der Waals surface area contributed by atoms with Crippen LogP contribution in [0.15, 0.2) is 22.7 Å².